The molecule has 0 N–H and O–H groups in total. The van der Waals surface area contributed by atoms with Gasteiger partial charge in [-0.2, -0.15) is 0 Å². The Balaban J connectivity index is 2.01. The Labute approximate surface area is 162 Å². The van der Waals surface area contributed by atoms with Crippen LogP contribution in [0.5, 0.6) is 0 Å². The molecule has 4 nitrogen and oxygen atoms in total. The molecule has 1 aliphatic heterocycles. The van der Waals surface area contributed by atoms with Crippen LogP contribution in [0, 0.1) is 0 Å². The van der Waals surface area contributed by atoms with Crippen LogP contribution in [0.2, 0.25) is 5.04 Å². The molecule has 0 spiro atoms. The van der Waals surface area contributed by atoms with E-state index in [0.717, 1.165) is 0 Å². The third kappa shape index (κ3) is 4.15. The van der Waals surface area contributed by atoms with E-state index in [0.29, 0.717) is 13.0 Å². The Hall–Kier alpha value is -1.95. The zero-order valence-corrected chi connectivity index (χ0v) is 17.5. The number of esters is 1. The monoisotopic (exact) mass is 384 g/mol. The lowest BCUT2D eigenvalue weighted by Crippen LogP contribution is -2.67. The number of carbonyl (C=O) groups excluding carboxylic acids is 1. The quantitative estimate of drug-likeness (QED) is 0.586. The molecule has 0 bridgehead atoms. The molecular formula is C22H28O4Si. The molecule has 5 heteroatoms. The van der Waals surface area contributed by atoms with Gasteiger partial charge in [-0.1, -0.05) is 81.4 Å². The highest BCUT2D eigenvalue weighted by atomic mass is 28.4. The first-order chi connectivity index (χ1) is 12.8. The predicted molar refractivity (Wildman–Crippen MR) is 109 cm³/mol. The van der Waals surface area contributed by atoms with E-state index in [1.165, 1.54) is 17.3 Å². The Kier molecular flexibility index (Phi) is 5.84. The van der Waals surface area contributed by atoms with Crippen molar-refractivity contribution in [1.82, 2.24) is 0 Å². The smallest absolute Gasteiger partial charge is 0.304 e. The lowest BCUT2D eigenvalue weighted by molar-refractivity contribution is -0.166. The van der Waals surface area contributed by atoms with Crippen LogP contribution in [0.25, 0.3) is 0 Å². The lowest BCUT2D eigenvalue weighted by atomic mass is 10.2. The molecule has 0 radical (unpaired) electrons. The average molecular weight is 385 g/mol. The Morgan fingerprint density at radius 2 is 1.52 bits per heavy atom. The highest BCUT2D eigenvalue weighted by Crippen LogP contribution is 2.38. The first-order valence-corrected chi connectivity index (χ1v) is 11.3. The van der Waals surface area contributed by atoms with Crippen molar-refractivity contribution in [3.8, 4) is 0 Å². The molecule has 3 rings (SSSR count). The summed E-state index contributed by atoms with van der Waals surface area (Å²) in [5.74, 6) is -0.328. The highest BCUT2D eigenvalue weighted by Gasteiger charge is 2.52. The number of hydrogen-bond acceptors (Lipinski definition) is 4. The van der Waals surface area contributed by atoms with Crippen molar-refractivity contribution in [3.63, 3.8) is 0 Å². The summed E-state index contributed by atoms with van der Waals surface area (Å²) in [6.45, 7) is 8.58. The van der Waals surface area contributed by atoms with E-state index in [2.05, 4.69) is 69.3 Å². The summed E-state index contributed by atoms with van der Waals surface area (Å²) in [7, 11) is -2.60. The molecule has 1 saturated heterocycles. The predicted octanol–water partition coefficient (Wildman–Crippen LogP) is 3.24. The second-order valence-corrected chi connectivity index (χ2v) is 12.3. The Morgan fingerprint density at radius 1 is 1.00 bits per heavy atom. The van der Waals surface area contributed by atoms with Gasteiger partial charge in [-0.3, -0.25) is 4.79 Å². The van der Waals surface area contributed by atoms with Gasteiger partial charge < -0.3 is 13.9 Å². The third-order valence-corrected chi connectivity index (χ3v) is 10.1. The van der Waals surface area contributed by atoms with E-state index < -0.39 is 14.6 Å². The Bertz CT molecular complexity index is 715. The summed E-state index contributed by atoms with van der Waals surface area (Å²) in [6, 6.07) is 21.0. The van der Waals surface area contributed by atoms with Crippen LogP contribution in [0.4, 0.5) is 0 Å². The van der Waals surface area contributed by atoms with Gasteiger partial charge in [0.05, 0.1) is 12.7 Å². The lowest BCUT2D eigenvalue weighted by Gasteiger charge is -2.44. The van der Waals surface area contributed by atoms with Crippen molar-refractivity contribution in [2.75, 3.05) is 6.61 Å². The number of hydrogen-bond donors (Lipinski definition) is 0. The van der Waals surface area contributed by atoms with E-state index in [9.17, 15) is 4.79 Å². The van der Waals surface area contributed by atoms with Crippen LogP contribution in [-0.4, -0.2) is 33.3 Å². The molecule has 27 heavy (non-hydrogen) atoms. The fraction of sp³-hybridized carbons (Fsp3) is 0.409. The largest absolute Gasteiger partial charge is 0.436 e. The van der Waals surface area contributed by atoms with Gasteiger partial charge in [-0.05, 0) is 15.4 Å². The molecule has 0 unspecified atom stereocenters. The van der Waals surface area contributed by atoms with E-state index in [-0.39, 0.29) is 17.1 Å². The van der Waals surface area contributed by atoms with Gasteiger partial charge in [-0.15, -0.1) is 0 Å². The first kappa shape index (κ1) is 19.8. The number of rotatable bonds is 5. The minimum atomic E-state index is -2.60. The van der Waals surface area contributed by atoms with Crippen molar-refractivity contribution in [3.05, 3.63) is 60.7 Å². The molecular weight excluding hydrogens is 356 g/mol. The van der Waals surface area contributed by atoms with Crippen LogP contribution in [0.15, 0.2) is 60.7 Å². The van der Waals surface area contributed by atoms with E-state index >= 15 is 0 Å². The van der Waals surface area contributed by atoms with Gasteiger partial charge in [0.1, 0.15) is 0 Å². The van der Waals surface area contributed by atoms with Gasteiger partial charge in [-0.25, -0.2) is 0 Å². The van der Waals surface area contributed by atoms with Crippen molar-refractivity contribution >= 4 is 24.7 Å². The first-order valence-electron chi connectivity index (χ1n) is 9.40. The van der Waals surface area contributed by atoms with Crippen molar-refractivity contribution < 1.29 is 18.7 Å². The fourth-order valence-electron chi connectivity index (χ4n) is 3.86. The molecule has 1 aliphatic rings. The van der Waals surface area contributed by atoms with Crippen molar-refractivity contribution in [1.29, 1.82) is 0 Å². The van der Waals surface area contributed by atoms with Crippen LogP contribution in [0.1, 0.15) is 34.1 Å². The topological polar surface area (TPSA) is 44.8 Å². The maximum Gasteiger partial charge on any atom is 0.304 e. The maximum atomic E-state index is 11.3. The third-order valence-electron chi connectivity index (χ3n) is 4.98. The molecule has 2 aromatic carbocycles. The van der Waals surface area contributed by atoms with Gasteiger partial charge >= 0.3 is 5.97 Å². The molecule has 0 aromatic heterocycles. The van der Waals surface area contributed by atoms with Crippen LogP contribution >= 0.6 is 0 Å². The molecule has 0 saturated carbocycles. The molecule has 1 fully saturated rings. The zero-order valence-electron chi connectivity index (χ0n) is 16.5. The standard InChI is InChI=1S/C22H28O4Si/c1-17(23)25-21-15-18(16-24-21)26-27(22(2,3)4,19-11-7-5-8-12-19)20-13-9-6-10-14-20/h5-14,18,21H,15-16H2,1-4H3/t18-,21+/m0/s1. The second kappa shape index (κ2) is 7.96. The molecule has 144 valence electrons. The van der Waals surface area contributed by atoms with Crippen molar-refractivity contribution in [2.24, 2.45) is 0 Å². The van der Waals surface area contributed by atoms with Gasteiger partial charge in [0.25, 0.3) is 8.32 Å². The summed E-state index contributed by atoms with van der Waals surface area (Å²) in [5, 5.41) is 2.38. The SMILES string of the molecule is CC(=O)O[C@@H]1C[C@H](O[Si](c2ccccc2)(c2ccccc2)C(C)(C)C)CO1. The van der Waals surface area contributed by atoms with Gasteiger partial charge in [0.2, 0.25) is 6.29 Å². The van der Waals surface area contributed by atoms with Gasteiger partial charge in [0, 0.05) is 13.3 Å². The van der Waals surface area contributed by atoms with Crippen molar-refractivity contribution in [2.45, 2.75) is 51.5 Å². The highest BCUT2D eigenvalue weighted by molar-refractivity contribution is 6.99. The van der Waals surface area contributed by atoms with Gasteiger partial charge in [0.15, 0.2) is 0 Å². The van der Waals surface area contributed by atoms with Crippen LogP contribution in [-0.2, 0) is 18.7 Å². The summed E-state index contributed by atoms with van der Waals surface area (Å²) in [5.41, 5.74) is 0. The molecule has 0 amide bonds. The normalized spacial score (nSPS) is 20.4. The number of ether oxygens (including phenoxy) is 2. The average Bonchev–Trinajstić information content (AvgIpc) is 3.06. The molecule has 2 aromatic rings. The van der Waals surface area contributed by atoms with Crippen LogP contribution < -0.4 is 10.4 Å². The minimum absolute atomic E-state index is 0.0881. The van der Waals surface area contributed by atoms with E-state index in [4.69, 9.17) is 13.9 Å². The molecule has 1 heterocycles. The minimum Gasteiger partial charge on any atom is -0.436 e. The summed E-state index contributed by atoms with van der Waals surface area (Å²) in [6.07, 6.45) is -0.0734. The summed E-state index contributed by atoms with van der Waals surface area (Å²) < 4.78 is 17.9. The fourth-order valence-corrected chi connectivity index (χ4v) is 8.54. The Morgan fingerprint density at radius 3 is 1.96 bits per heavy atom. The zero-order chi connectivity index (χ0) is 19.5. The number of carbonyl (C=O) groups is 1. The summed E-state index contributed by atoms with van der Waals surface area (Å²) in [4.78, 5) is 11.3. The summed E-state index contributed by atoms with van der Waals surface area (Å²) >= 11 is 0. The molecule has 2 atom stereocenters. The van der Waals surface area contributed by atoms with Crippen LogP contribution in [0.3, 0.4) is 0 Å². The maximum absolute atomic E-state index is 11.3. The van der Waals surface area contributed by atoms with E-state index in [1.54, 1.807) is 0 Å². The molecule has 0 aliphatic carbocycles. The van der Waals surface area contributed by atoms with E-state index in [1.807, 2.05) is 12.1 Å². The second-order valence-electron chi connectivity index (χ2n) is 8.01. The number of benzene rings is 2.